The van der Waals surface area contributed by atoms with E-state index in [1.54, 1.807) is 6.08 Å². The molecule has 0 saturated heterocycles. The molecule has 138 valence electrons. The molecule has 0 fully saturated rings. The van der Waals surface area contributed by atoms with Crippen molar-refractivity contribution in [3.8, 4) is 28.3 Å². The molecule has 0 unspecified atom stereocenters. The maximum absolute atomic E-state index is 9.59. The highest BCUT2D eigenvalue weighted by Crippen LogP contribution is 2.37. The Kier molecular flexibility index (Phi) is 6.14. The fourth-order valence-corrected chi connectivity index (χ4v) is 3.73. The molecule has 0 atom stereocenters. The lowest BCUT2D eigenvalue weighted by Gasteiger charge is -2.16. The summed E-state index contributed by atoms with van der Waals surface area (Å²) in [6, 6.07) is 20.8. The van der Waals surface area contributed by atoms with Crippen molar-refractivity contribution in [1.82, 2.24) is 0 Å². The second-order valence-corrected chi connectivity index (χ2v) is 6.95. The first-order valence-electron chi connectivity index (χ1n) is 9.34. The lowest BCUT2D eigenvalue weighted by molar-refractivity contribution is 1.14. The Morgan fingerprint density at radius 2 is 1.79 bits per heavy atom. The van der Waals surface area contributed by atoms with Crippen LogP contribution in [0.15, 0.2) is 67.3 Å². The van der Waals surface area contributed by atoms with E-state index in [9.17, 15) is 5.26 Å². The van der Waals surface area contributed by atoms with Gasteiger partial charge in [-0.15, -0.1) is 0 Å². The number of nitrogens with zero attached hydrogens (tertiary/aromatic N) is 1. The average molecular weight is 384 g/mol. The third-order valence-corrected chi connectivity index (χ3v) is 5.20. The third-order valence-electron chi connectivity index (χ3n) is 4.87. The molecule has 0 heterocycles. The first-order valence-corrected chi connectivity index (χ1v) is 9.72. The van der Waals surface area contributed by atoms with E-state index in [-0.39, 0.29) is 0 Å². The zero-order valence-corrected chi connectivity index (χ0v) is 16.9. The van der Waals surface area contributed by atoms with Gasteiger partial charge in [0.25, 0.3) is 0 Å². The fourth-order valence-electron chi connectivity index (χ4n) is 3.47. The molecule has 0 radical (unpaired) electrons. The van der Waals surface area contributed by atoms with Crippen LogP contribution in [0.25, 0.3) is 34.4 Å². The first-order chi connectivity index (χ1) is 13.6. The Hall–Kier alpha value is -3.08. The Balaban J connectivity index is 2.25. The molecule has 3 rings (SSSR count). The van der Waals surface area contributed by atoms with Gasteiger partial charge in [-0.05, 0) is 64.4 Å². The van der Waals surface area contributed by atoms with Crippen LogP contribution in [-0.4, -0.2) is 0 Å². The normalized spacial score (nSPS) is 10.8. The minimum absolute atomic E-state index is 0.670. The zero-order chi connectivity index (χ0) is 20.1. The minimum Gasteiger partial charge on any atom is -0.192 e. The van der Waals surface area contributed by atoms with Gasteiger partial charge in [0.2, 0.25) is 0 Å². The molecule has 1 nitrogen and oxygen atoms in total. The molecule has 0 N–H and O–H groups in total. The molecule has 0 amide bonds. The van der Waals surface area contributed by atoms with Crippen molar-refractivity contribution in [2.45, 2.75) is 20.3 Å². The van der Waals surface area contributed by atoms with Gasteiger partial charge in [-0.2, -0.15) is 5.26 Å². The van der Waals surface area contributed by atoms with Gasteiger partial charge >= 0.3 is 0 Å². The number of halogens is 1. The topological polar surface area (TPSA) is 23.8 Å². The summed E-state index contributed by atoms with van der Waals surface area (Å²) in [6.07, 6.45) is 6.57. The monoisotopic (exact) mass is 383 g/mol. The van der Waals surface area contributed by atoms with Crippen LogP contribution in [-0.2, 0) is 6.42 Å². The molecular weight excluding hydrogens is 362 g/mol. The van der Waals surface area contributed by atoms with Crippen molar-refractivity contribution in [3.63, 3.8) is 0 Å². The van der Waals surface area contributed by atoms with E-state index in [2.05, 4.69) is 49.9 Å². The largest absolute Gasteiger partial charge is 0.192 e. The summed E-state index contributed by atoms with van der Waals surface area (Å²) in [6.45, 7) is 7.92. The van der Waals surface area contributed by atoms with Gasteiger partial charge in [-0.3, -0.25) is 0 Å². The molecule has 3 aromatic carbocycles. The molecule has 2 heteroatoms. The molecule has 0 saturated carbocycles. The van der Waals surface area contributed by atoms with Gasteiger partial charge in [0.15, 0.2) is 0 Å². The summed E-state index contributed by atoms with van der Waals surface area (Å²) in [5.41, 5.74) is 8.12. The molecule has 0 aromatic heterocycles. The van der Waals surface area contributed by atoms with E-state index in [0.717, 1.165) is 39.8 Å². The maximum atomic E-state index is 9.59. The summed E-state index contributed by atoms with van der Waals surface area (Å²) in [4.78, 5) is 0. The quantitative estimate of drug-likeness (QED) is 0.441. The molecule has 28 heavy (non-hydrogen) atoms. The van der Waals surface area contributed by atoms with Gasteiger partial charge in [-0.25, -0.2) is 0 Å². The summed E-state index contributed by atoms with van der Waals surface area (Å²) in [5.74, 6) is 0. The van der Waals surface area contributed by atoms with E-state index in [1.165, 1.54) is 5.56 Å². The third kappa shape index (κ3) is 3.79. The van der Waals surface area contributed by atoms with Crippen LogP contribution in [0.5, 0.6) is 0 Å². The Morgan fingerprint density at radius 3 is 2.43 bits per heavy atom. The number of allylic oxidation sites excluding steroid dienone is 1. The smallest absolute Gasteiger partial charge is 0.0998 e. The SMILES string of the molecule is C=Cc1ccc(-c2c(CC)cccc2-c2ccc(C=CC)c(C#N)c2)cc1Cl. The molecule has 3 aromatic rings. The number of aryl methyl sites for hydroxylation is 1. The standard InChI is InChI=1S/C26H22ClN/c1-4-8-20-12-13-21(15-23(20)17-28)24-10-7-9-19(6-3)26(24)22-14-11-18(5-2)25(27)16-22/h4-5,7-16H,2,6H2,1,3H3. The highest BCUT2D eigenvalue weighted by Gasteiger charge is 2.14. The van der Waals surface area contributed by atoms with E-state index >= 15 is 0 Å². The van der Waals surface area contributed by atoms with Crippen LogP contribution in [0.3, 0.4) is 0 Å². The zero-order valence-electron chi connectivity index (χ0n) is 16.2. The van der Waals surface area contributed by atoms with Gasteiger partial charge < -0.3 is 0 Å². The highest BCUT2D eigenvalue weighted by molar-refractivity contribution is 6.32. The van der Waals surface area contributed by atoms with E-state index in [0.29, 0.717) is 10.6 Å². The number of rotatable bonds is 5. The van der Waals surface area contributed by atoms with Crippen molar-refractivity contribution < 1.29 is 0 Å². The van der Waals surface area contributed by atoms with Crippen molar-refractivity contribution in [3.05, 3.63) is 94.5 Å². The van der Waals surface area contributed by atoms with Crippen LogP contribution >= 0.6 is 11.6 Å². The second kappa shape index (κ2) is 8.74. The van der Waals surface area contributed by atoms with Crippen LogP contribution < -0.4 is 0 Å². The number of benzene rings is 3. The van der Waals surface area contributed by atoms with Gasteiger partial charge in [0.05, 0.1) is 11.6 Å². The molecule has 0 aliphatic rings. The average Bonchev–Trinajstić information content (AvgIpc) is 2.73. The molecule has 0 aliphatic heterocycles. The Labute approximate surface area is 172 Å². The Bertz CT molecular complexity index is 1100. The van der Waals surface area contributed by atoms with E-state index in [1.807, 2.05) is 43.3 Å². The van der Waals surface area contributed by atoms with Crippen LogP contribution in [0.1, 0.15) is 36.1 Å². The predicted octanol–water partition coefficient (Wildman–Crippen LogP) is 7.78. The summed E-state index contributed by atoms with van der Waals surface area (Å²) in [5, 5.41) is 10.3. The lowest BCUT2D eigenvalue weighted by Crippen LogP contribution is -1.94. The van der Waals surface area contributed by atoms with E-state index < -0.39 is 0 Å². The van der Waals surface area contributed by atoms with Crippen molar-refractivity contribution in [2.75, 3.05) is 0 Å². The van der Waals surface area contributed by atoms with Gasteiger partial charge in [-0.1, -0.05) is 85.8 Å². The highest BCUT2D eigenvalue weighted by atomic mass is 35.5. The molecule has 0 bridgehead atoms. The minimum atomic E-state index is 0.670. The van der Waals surface area contributed by atoms with Crippen LogP contribution in [0, 0.1) is 11.3 Å². The summed E-state index contributed by atoms with van der Waals surface area (Å²) in [7, 11) is 0. The maximum Gasteiger partial charge on any atom is 0.0998 e. The van der Waals surface area contributed by atoms with Gasteiger partial charge in [0.1, 0.15) is 0 Å². The first kappa shape index (κ1) is 19.7. The number of nitriles is 1. The number of hydrogen-bond donors (Lipinski definition) is 0. The van der Waals surface area contributed by atoms with E-state index in [4.69, 9.17) is 11.6 Å². The summed E-state index contributed by atoms with van der Waals surface area (Å²) >= 11 is 6.45. The van der Waals surface area contributed by atoms with Crippen LogP contribution in [0.2, 0.25) is 5.02 Å². The predicted molar refractivity (Wildman–Crippen MR) is 121 cm³/mol. The second-order valence-electron chi connectivity index (χ2n) is 6.55. The fraction of sp³-hybridized carbons (Fsp3) is 0.115. The molecule has 0 spiro atoms. The Morgan fingerprint density at radius 1 is 1.04 bits per heavy atom. The summed E-state index contributed by atoms with van der Waals surface area (Å²) < 4.78 is 0. The van der Waals surface area contributed by atoms with Crippen molar-refractivity contribution in [2.24, 2.45) is 0 Å². The van der Waals surface area contributed by atoms with Crippen molar-refractivity contribution >= 4 is 23.8 Å². The molecule has 0 aliphatic carbocycles. The van der Waals surface area contributed by atoms with Crippen molar-refractivity contribution in [1.29, 1.82) is 5.26 Å². The van der Waals surface area contributed by atoms with Gasteiger partial charge in [0, 0.05) is 5.02 Å². The number of hydrogen-bond acceptors (Lipinski definition) is 1. The lowest BCUT2D eigenvalue weighted by atomic mass is 9.88. The molecular formula is C26H22ClN. The van der Waals surface area contributed by atoms with Crippen LogP contribution in [0.4, 0.5) is 0 Å².